The van der Waals surface area contributed by atoms with Gasteiger partial charge in [0, 0.05) is 50.6 Å². The van der Waals surface area contributed by atoms with Crippen LogP contribution >= 0.6 is 0 Å². The number of hydrogen-bond donors (Lipinski definition) is 5. The lowest BCUT2D eigenvalue weighted by molar-refractivity contribution is -0.321. The van der Waals surface area contributed by atoms with E-state index in [-0.39, 0.29) is 33.5 Å². The van der Waals surface area contributed by atoms with Crippen LogP contribution in [0.2, 0.25) is 0 Å². The molecule has 1 saturated heterocycles. The number of phenols is 2. The predicted molar refractivity (Wildman–Crippen MR) is 144 cm³/mol. The van der Waals surface area contributed by atoms with Crippen LogP contribution in [0.25, 0.3) is 0 Å². The van der Waals surface area contributed by atoms with Crippen molar-refractivity contribution in [3.05, 3.63) is 51.6 Å². The van der Waals surface area contributed by atoms with Crippen molar-refractivity contribution >= 4 is 23.0 Å². The number of aromatic hydroxyl groups is 2. The normalized spacial score (nSPS) is 32.3. The molecule has 0 spiro atoms. The van der Waals surface area contributed by atoms with E-state index < -0.39 is 82.9 Å². The van der Waals surface area contributed by atoms with Gasteiger partial charge in [0.1, 0.15) is 36.3 Å². The maximum absolute atomic E-state index is 13.8. The van der Waals surface area contributed by atoms with Crippen LogP contribution in [0.4, 0.5) is 5.69 Å². The van der Waals surface area contributed by atoms with E-state index in [2.05, 4.69) is 0 Å². The maximum atomic E-state index is 13.8. The lowest BCUT2D eigenvalue weighted by atomic mass is 9.72. The molecule has 2 aliphatic carbocycles. The Hall–Kier alpha value is -3.43. The number of benzene rings is 2. The average molecular weight is 588 g/mol. The second-order valence-corrected chi connectivity index (χ2v) is 11.1. The molecule has 0 bridgehead atoms. The van der Waals surface area contributed by atoms with Crippen molar-refractivity contribution < 1.29 is 58.9 Å². The van der Waals surface area contributed by atoms with Crippen LogP contribution in [0.5, 0.6) is 11.5 Å². The molecule has 0 unspecified atom stereocenters. The summed E-state index contributed by atoms with van der Waals surface area (Å²) in [6.07, 6.45) is -9.32. The number of nitrogens with zero attached hydrogens (tertiary/aromatic N) is 1. The van der Waals surface area contributed by atoms with Gasteiger partial charge < -0.3 is 49.4 Å². The van der Waals surface area contributed by atoms with Crippen LogP contribution in [0.15, 0.2) is 18.2 Å². The Morgan fingerprint density at radius 2 is 1.55 bits per heavy atom. The second kappa shape index (κ2) is 10.4. The van der Waals surface area contributed by atoms with Crippen LogP contribution in [0.3, 0.4) is 0 Å². The molecule has 5 N–H and O–H groups in total. The number of carbonyl (C=O) groups is 3. The van der Waals surface area contributed by atoms with Crippen LogP contribution < -0.4 is 4.90 Å². The smallest absolute Gasteiger partial charge is 0.202 e. The van der Waals surface area contributed by atoms with Gasteiger partial charge in [-0.2, -0.15) is 0 Å². The van der Waals surface area contributed by atoms with Gasteiger partial charge >= 0.3 is 0 Å². The summed E-state index contributed by atoms with van der Waals surface area (Å²) in [7, 11) is 5.73. The lowest BCUT2D eigenvalue weighted by Crippen LogP contribution is -2.60. The van der Waals surface area contributed by atoms with Gasteiger partial charge in [-0.3, -0.25) is 14.4 Å². The minimum absolute atomic E-state index is 0.118. The van der Waals surface area contributed by atoms with Crippen molar-refractivity contribution in [1.29, 1.82) is 0 Å². The highest BCUT2D eigenvalue weighted by molar-refractivity contribution is 6.31. The zero-order valence-electron chi connectivity index (χ0n) is 23.8. The molecule has 5 rings (SSSR count). The van der Waals surface area contributed by atoms with E-state index in [1.165, 1.54) is 40.2 Å². The van der Waals surface area contributed by atoms with Crippen molar-refractivity contribution in [3.63, 3.8) is 0 Å². The molecule has 0 amide bonds. The topological polar surface area (TPSA) is 193 Å². The number of carbonyl (C=O) groups excluding carboxylic acids is 3. The number of rotatable bonds is 5. The number of Topliss-reactive ketones (excluding diaryl/α,β-unsaturated/α-hetero) is 1. The highest BCUT2D eigenvalue weighted by Gasteiger charge is 2.56. The van der Waals surface area contributed by atoms with E-state index >= 15 is 0 Å². The summed E-state index contributed by atoms with van der Waals surface area (Å²) in [6, 6.07) is 3.95. The SMILES string of the molecule is CO[C@H]1[C@H](O[C@@H]2c3c(cc4c(c3O)C(=O)c3c(ccc(N(C)C)c3O)C4=O)C(=O)[C@@](C)(O)[C@H]2OC)O[C@@H](C)[C@H](O)[C@H]1O. The Morgan fingerprint density at radius 3 is 2.14 bits per heavy atom. The minimum Gasteiger partial charge on any atom is -0.507 e. The first kappa shape index (κ1) is 30.0. The van der Waals surface area contributed by atoms with E-state index in [4.69, 9.17) is 18.9 Å². The van der Waals surface area contributed by atoms with Gasteiger partial charge in [-0.05, 0) is 32.0 Å². The first-order chi connectivity index (χ1) is 19.7. The third-order valence-electron chi connectivity index (χ3n) is 8.33. The summed E-state index contributed by atoms with van der Waals surface area (Å²) >= 11 is 0. The number of phenolic OH excluding ortho intramolecular Hbond substituents is 2. The third-order valence-corrected chi connectivity index (χ3v) is 8.33. The number of hydrogen-bond acceptors (Lipinski definition) is 13. The first-order valence-corrected chi connectivity index (χ1v) is 13.2. The van der Waals surface area contributed by atoms with Gasteiger partial charge in [0.15, 0.2) is 29.2 Å². The quantitative estimate of drug-likeness (QED) is 0.276. The van der Waals surface area contributed by atoms with E-state index in [9.17, 15) is 39.9 Å². The van der Waals surface area contributed by atoms with Crippen molar-refractivity contribution in [2.75, 3.05) is 33.2 Å². The number of ketones is 3. The highest BCUT2D eigenvalue weighted by atomic mass is 16.7. The monoisotopic (exact) mass is 587 g/mol. The Balaban J connectivity index is 1.72. The molecule has 3 aliphatic rings. The second-order valence-electron chi connectivity index (χ2n) is 11.1. The summed E-state index contributed by atoms with van der Waals surface area (Å²) in [6.45, 7) is 2.67. The van der Waals surface area contributed by atoms with Crippen molar-refractivity contribution in [3.8, 4) is 11.5 Å². The van der Waals surface area contributed by atoms with Crippen LogP contribution in [0.1, 0.15) is 67.7 Å². The fourth-order valence-electron chi connectivity index (χ4n) is 6.05. The zero-order chi connectivity index (χ0) is 31.0. The summed E-state index contributed by atoms with van der Waals surface area (Å²) in [4.78, 5) is 42.6. The number of aliphatic hydroxyl groups is 3. The summed E-state index contributed by atoms with van der Waals surface area (Å²) in [5, 5.41) is 54.8. The number of methoxy groups -OCH3 is 2. The average Bonchev–Trinajstić information content (AvgIpc) is 2.92. The largest absolute Gasteiger partial charge is 0.507 e. The van der Waals surface area contributed by atoms with Crippen molar-refractivity contribution in [1.82, 2.24) is 0 Å². The zero-order valence-corrected chi connectivity index (χ0v) is 23.8. The number of ether oxygens (including phenoxy) is 4. The Kier molecular flexibility index (Phi) is 7.43. The van der Waals surface area contributed by atoms with Gasteiger partial charge in [0.25, 0.3) is 0 Å². The lowest BCUT2D eigenvalue weighted by Gasteiger charge is -2.46. The molecular weight excluding hydrogens is 554 g/mol. The van der Waals surface area contributed by atoms with Crippen LogP contribution in [-0.2, 0) is 18.9 Å². The number of anilines is 1. The molecule has 42 heavy (non-hydrogen) atoms. The number of aliphatic hydroxyl groups excluding tert-OH is 2. The van der Waals surface area contributed by atoms with Gasteiger partial charge in [0.2, 0.25) is 5.78 Å². The molecule has 8 atom stereocenters. The molecule has 13 nitrogen and oxygen atoms in total. The van der Waals surface area contributed by atoms with E-state index in [0.717, 1.165) is 6.07 Å². The van der Waals surface area contributed by atoms with Crippen LogP contribution in [-0.4, -0.2) is 114 Å². The predicted octanol–water partition coefficient (Wildman–Crippen LogP) is 0.441. The molecule has 1 fully saturated rings. The molecule has 0 saturated carbocycles. The summed E-state index contributed by atoms with van der Waals surface area (Å²) in [5.41, 5.74) is -3.74. The van der Waals surface area contributed by atoms with Gasteiger partial charge in [-0.15, -0.1) is 0 Å². The highest BCUT2D eigenvalue weighted by Crippen LogP contribution is 2.50. The molecular formula is C29H33NO12. The van der Waals surface area contributed by atoms with Gasteiger partial charge in [0.05, 0.1) is 22.9 Å². The van der Waals surface area contributed by atoms with Gasteiger partial charge in [-0.25, -0.2) is 0 Å². The van der Waals surface area contributed by atoms with E-state index in [0.29, 0.717) is 0 Å². The number of fused-ring (bicyclic) bond motifs is 3. The standard InChI is InChI=1S/C29H33NO12/c1-10-18(31)23(36)25(39-5)28(41-10)42-24-17-13(26(37)29(2,38)27(24)40-6)9-12-16(22(17)35)21(34)15-11(19(12)32)7-8-14(20(15)33)30(3)4/h7-10,18,23-25,27-28,31,33,35-36,38H,1-6H3/t10-,18-,23+,24+,25+,27-,28-,29+/m0/s1. The maximum Gasteiger partial charge on any atom is 0.202 e. The third kappa shape index (κ3) is 4.15. The summed E-state index contributed by atoms with van der Waals surface area (Å²) < 4.78 is 22.7. The Morgan fingerprint density at radius 1 is 0.905 bits per heavy atom. The molecule has 13 heteroatoms. The van der Waals surface area contributed by atoms with Crippen molar-refractivity contribution in [2.24, 2.45) is 0 Å². The molecule has 2 aromatic carbocycles. The fraction of sp³-hybridized carbons (Fsp3) is 0.483. The Bertz CT molecular complexity index is 1480. The minimum atomic E-state index is -2.24. The molecule has 1 aliphatic heterocycles. The first-order valence-electron chi connectivity index (χ1n) is 13.2. The Labute approximate surface area is 240 Å². The molecule has 1 heterocycles. The van der Waals surface area contributed by atoms with E-state index in [1.54, 1.807) is 19.0 Å². The van der Waals surface area contributed by atoms with E-state index in [1.807, 2.05) is 0 Å². The van der Waals surface area contributed by atoms with Gasteiger partial charge in [-0.1, -0.05) is 0 Å². The molecule has 0 radical (unpaired) electrons. The molecule has 2 aromatic rings. The summed E-state index contributed by atoms with van der Waals surface area (Å²) in [5.74, 6) is -3.74. The molecule has 226 valence electrons. The van der Waals surface area contributed by atoms with Crippen LogP contribution in [0, 0.1) is 0 Å². The fourth-order valence-corrected chi connectivity index (χ4v) is 6.05. The molecule has 0 aromatic heterocycles. The van der Waals surface area contributed by atoms with Crippen molar-refractivity contribution in [2.45, 2.75) is 62.4 Å².